The first-order chi connectivity index (χ1) is 15.4. The molecule has 0 fully saturated rings. The number of aliphatic hydroxyl groups excluding tert-OH is 1. The second-order valence-corrected chi connectivity index (χ2v) is 7.91. The zero-order valence-electron chi connectivity index (χ0n) is 18.9. The van der Waals surface area contributed by atoms with Crippen LogP contribution in [0.3, 0.4) is 0 Å². The number of amides is 1. The highest BCUT2D eigenvalue weighted by molar-refractivity contribution is 6.37. The number of aliphatic hydroxyl groups is 1. The number of carbonyl (C=O) groups is 1. The standard InChI is InChI=1S/C23H30ClN5O3/c1-5-16-12-19(18-9-8-17(13-20(18)24)21-27-15(4)32-28-21)23(31)29(6-2)22(16)26-14(3)25-10-7-11-30/h5,8-9,12-15,25,30H,6-7,10-11H2,1-4H3,(H,27,28)/b16-5-,26-22+. The number of hydrogen-bond donors (Lipinski definition) is 3. The number of aliphatic imine (C=N–C) groups is 2. The number of hydrogen-bond acceptors (Lipinski definition) is 7. The van der Waals surface area contributed by atoms with Crippen LogP contribution in [0, 0.1) is 0 Å². The summed E-state index contributed by atoms with van der Waals surface area (Å²) in [5.41, 5.74) is 5.59. The van der Waals surface area contributed by atoms with Gasteiger partial charge in [0.2, 0.25) is 0 Å². The Kier molecular flexibility index (Phi) is 8.20. The van der Waals surface area contributed by atoms with E-state index in [1.54, 1.807) is 11.0 Å². The predicted molar refractivity (Wildman–Crippen MR) is 127 cm³/mol. The van der Waals surface area contributed by atoms with Crippen LogP contribution < -0.4 is 10.8 Å². The van der Waals surface area contributed by atoms with Gasteiger partial charge in [0, 0.05) is 40.4 Å². The minimum Gasteiger partial charge on any atom is -0.396 e. The van der Waals surface area contributed by atoms with Gasteiger partial charge in [0.1, 0.15) is 5.84 Å². The SMILES string of the molecule is C/C=C1/C=C(c2ccc(C3=NC(C)ON3)cc2Cl)C(=O)N(CC)/C1=N/C(C)NCCCO. The van der Waals surface area contributed by atoms with Gasteiger partial charge in [-0.25, -0.2) is 20.3 Å². The van der Waals surface area contributed by atoms with Crippen molar-refractivity contribution >= 4 is 34.8 Å². The van der Waals surface area contributed by atoms with Crippen LogP contribution in [0.4, 0.5) is 0 Å². The second kappa shape index (κ2) is 10.9. The van der Waals surface area contributed by atoms with Crippen molar-refractivity contribution in [3.05, 3.63) is 52.1 Å². The number of hydroxylamine groups is 1. The Morgan fingerprint density at radius 2 is 2.25 bits per heavy atom. The third-order valence-corrected chi connectivity index (χ3v) is 5.49. The number of allylic oxidation sites excluding steroid dienone is 1. The lowest BCUT2D eigenvalue weighted by molar-refractivity contribution is -0.121. The summed E-state index contributed by atoms with van der Waals surface area (Å²) in [6, 6.07) is 5.47. The van der Waals surface area contributed by atoms with E-state index < -0.39 is 0 Å². The Balaban J connectivity index is 1.94. The maximum atomic E-state index is 13.4. The van der Waals surface area contributed by atoms with E-state index in [0.717, 1.165) is 11.1 Å². The number of nitrogens with one attached hydrogen (secondary N) is 2. The lowest BCUT2D eigenvalue weighted by Crippen LogP contribution is -2.42. The molecule has 0 saturated carbocycles. The molecule has 1 aromatic carbocycles. The Hall–Kier alpha value is -2.52. The Labute approximate surface area is 193 Å². The first-order valence-corrected chi connectivity index (χ1v) is 11.2. The van der Waals surface area contributed by atoms with Gasteiger partial charge in [-0.05, 0) is 52.8 Å². The fourth-order valence-corrected chi connectivity index (χ4v) is 3.81. The quantitative estimate of drug-likeness (QED) is 0.519. The summed E-state index contributed by atoms with van der Waals surface area (Å²) in [6.07, 6.45) is 3.96. The van der Waals surface area contributed by atoms with Gasteiger partial charge in [-0.3, -0.25) is 15.0 Å². The van der Waals surface area contributed by atoms with Crippen LogP contribution in [0.2, 0.25) is 5.02 Å². The van der Waals surface area contributed by atoms with Gasteiger partial charge < -0.3 is 5.11 Å². The van der Waals surface area contributed by atoms with Gasteiger partial charge >= 0.3 is 0 Å². The molecule has 0 saturated heterocycles. The van der Waals surface area contributed by atoms with Crippen LogP contribution >= 0.6 is 11.6 Å². The normalized spacial score (nSPS) is 22.2. The Morgan fingerprint density at radius 3 is 2.84 bits per heavy atom. The van der Waals surface area contributed by atoms with Crippen molar-refractivity contribution in [3.63, 3.8) is 0 Å². The van der Waals surface area contributed by atoms with Crippen LogP contribution in [-0.4, -0.2) is 59.7 Å². The van der Waals surface area contributed by atoms with E-state index in [4.69, 9.17) is 26.5 Å². The molecule has 0 bridgehead atoms. The summed E-state index contributed by atoms with van der Waals surface area (Å²) in [7, 11) is 0. The van der Waals surface area contributed by atoms with Gasteiger partial charge in [0.15, 0.2) is 12.1 Å². The van der Waals surface area contributed by atoms with Crippen LogP contribution in [0.5, 0.6) is 0 Å². The van der Waals surface area contributed by atoms with Crippen LogP contribution in [0.15, 0.2) is 45.9 Å². The molecule has 0 aromatic heterocycles. The van der Waals surface area contributed by atoms with E-state index >= 15 is 0 Å². The lowest BCUT2D eigenvalue weighted by Gasteiger charge is -2.30. The first kappa shape index (κ1) is 24.1. The minimum absolute atomic E-state index is 0.122. The molecular weight excluding hydrogens is 430 g/mol. The molecule has 9 heteroatoms. The van der Waals surface area contributed by atoms with E-state index in [1.807, 2.05) is 52.0 Å². The number of rotatable bonds is 8. The fraction of sp³-hybridized carbons (Fsp3) is 0.435. The van der Waals surface area contributed by atoms with Crippen molar-refractivity contribution < 1.29 is 14.7 Å². The summed E-state index contributed by atoms with van der Waals surface area (Å²) in [4.78, 5) is 29.4. The molecule has 2 heterocycles. The minimum atomic E-state index is -0.264. The summed E-state index contributed by atoms with van der Waals surface area (Å²) in [6.45, 7) is 8.84. The summed E-state index contributed by atoms with van der Waals surface area (Å²) < 4.78 is 0. The number of amidine groups is 2. The van der Waals surface area contributed by atoms with Gasteiger partial charge in [0.05, 0.1) is 6.17 Å². The van der Waals surface area contributed by atoms with Crippen molar-refractivity contribution in [2.24, 2.45) is 9.98 Å². The van der Waals surface area contributed by atoms with Crippen LogP contribution in [0.25, 0.3) is 5.57 Å². The van der Waals surface area contributed by atoms with Crippen LogP contribution in [0.1, 0.15) is 45.2 Å². The van der Waals surface area contributed by atoms with Gasteiger partial charge in [0.25, 0.3) is 5.91 Å². The molecule has 0 aliphatic carbocycles. The molecule has 3 rings (SSSR count). The number of halogens is 1. The Morgan fingerprint density at radius 1 is 1.47 bits per heavy atom. The number of carbonyl (C=O) groups excluding carboxylic acids is 1. The number of nitrogens with zero attached hydrogens (tertiary/aromatic N) is 3. The molecule has 0 radical (unpaired) electrons. The second-order valence-electron chi connectivity index (χ2n) is 7.50. The highest BCUT2D eigenvalue weighted by Crippen LogP contribution is 2.32. The van der Waals surface area contributed by atoms with Gasteiger partial charge in [-0.2, -0.15) is 0 Å². The molecule has 32 heavy (non-hydrogen) atoms. The molecule has 172 valence electrons. The smallest absolute Gasteiger partial charge is 0.260 e. The topological polar surface area (TPSA) is 98.5 Å². The molecule has 2 aliphatic heterocycles. The molecule has 2 unspecified atom stereocenters. The summed E-state index contributed by atoms with van der Waals surface area (Å²) >= 11 is 6.60. The average Bonchev–Trinajstić information content (AvgIpc) is 3.21. The molecule has 8 nitrogen and oxygen atoms in total. The highest BCUT2D eigenvalue weighted by Gasteiger charge is 2.31. The third-order valence-electron chi connectivity index (χ3n) is 5.18. The molecular formula is C23H30ClN5O3. The van der Waals surface area contributed by atoms with Gasteiger partial charge in [-0.15, -0.1) is 0 Å². The zero-order chi connectivity index (χ0) is 23.3. The molecule has 1 amide bonds. The van der Waals surface area contributed by atoms with E-state index in [-0.39, 0.29) is 24.9 Å². The van der Waals surface area contributed by atoms with E-state index in [2.05, 4.69) is 15.8 Å². The van der Waals surface area contributed by atoms with Gasteiger partial charge in [-0.1, -0.05) is 29.8 Å². The van der Waals surface area contributed by atoms with Crippen molar-refractivity contribution in [1.29, 1.82) is 0 Å². The maximum Gasteiger partial charge on any atom is 0.260 e. The summed E-state index contributed by atoms with van der Waals surface area (Å²) in [5.74, 6) is 1.08. The molecule has 0 spiro atoms. The highest BCUT2D eigenvalue weighted by atomic mass is 35.5. The first-order valence-electron chi connectivity index (χ1n) is 10.8. The van der Waals surface area contributed by atoms with Crippen molar-refractivity contribution in [3.8, 4) is 0 Å². The number of benzene rings is 1. The van der Waals surface area contributed by atoms with E-state index in [9.17, 15) is 4.79 Å². The third kappa shape index (κ3) is 5.27. The zero-order valence-corrected chi connectivity index (χ0v) is 19.6. The average molecular weight is 460 g/mol. The molecule has 1 aromatic rings. The van der Waals surface area contributed by atoms with Crippen LogP contribution in [-0.2, 0) is 9.63 Å². The van der Waals surface area contributed by atoms with E-state index in [0.29, 0.717) is 47.3 Å². The largest absolute Gasteiger partial charge is 0.396 e. The molecule has 2 atom stereocenters. The molecule has 3 N–H and O–H groups in total. The summed E-state index contributed by atoms with van der Waals surface area (Å²) in [5, 5.41) is 12.7. The lowest BCUT2D eigenvalue weighted by atomic mass is 9.95. The molecule has 2 aliphatic rings. The predicted octanol–water partition coefficient (Wildman–Crippen LogP) is 2.88. The number of likely N-dealkylation sites (N-methyl/N-ethyl adjacent to an activating group) is 1. The Bertz CT molecular complexity index is 986. The monoisotopic (exact) mass is 459 g/mol. The fourth-order valence-electron chi connectivity index (χ4n) is 3.53. The maximum absolute atomic E-state index is 13.4. The van der Waals surface area contributed by atoms with Crippen molar-refractivity contribution in [2.45, 2.75) is 46.5 Å². The van der Waals surface area contributed by atoms with Crippen molar-refractivity contribution in [1.82, 2.24) is 15.7 Å². The van der Waals surface area contributed by atoms with E-state index in [1.165, 1.54) is 0 Å². The van der Waals surface area contributed by atoms with Crippen molar-refractivity contribution in [2.75, 3.05) is 19.7 Å².